The average molecular weight is 457 g/mol. The highest BCUT2D eigenvalue weighted by atomic mass is 16.5. The maximum absolute atomic E-state index is 13.2. The number of aromatic nitrogens is 2. The highest BCUT2D eigenvalue weighted by molar-refractivity contribution is 6.06. The molecular formula is C26H28N6O2. The molecule has 0 radical (unpaired) electrons. The molecule has 3 aromatic rings. The summed E-state index contributed by atoms with van der Waals surface area (Å²) < 4.78 is 7.41. The van der Waals surface area contributed by atoms with Gasteiger partial charge in [-0.2, -0.15) is 10.4 Å². The van der Waals surface area contributed by atoms with Gasteiger partial charge in [0.25, 0.3) is 5.91 Å². The van der Waals surface area contributed by atoms with Gasteiger partial charge in [-0.1, -0.05) is 19.9 Å². The van der Waals surface area contributed by atoms with Crippen LogP contribution in [0.5, 0.6) is 0 Å². The van der Waals surface area contributed by atoms with E-state index in [0.29, 0.717) is 29.4 Å². The maximum atomic E-state index is 13.2. The van der Waals surface area contributed by atoms with Crippen LogP contribution < -0.4 is 10.7 Å². The van der Waals surface area contributed by atoms with Gasteiger partial charge in [0.05, 0.1) is 35.6 Å². The van der Waals surface area contributed by atoms with Crippen molar-refractivity contribution in [3.63, 3.8) is 0 Å². The van der Waals surface area contributed by atoms with Gasteiger partial charge in [0.15, 0.2) is 0 Å². The van der Waals surface area contributed by atoms with E-state index in [9.17, 15) is 10.1 Å². The highest BCUT2D eigenvalue weighted by Crippen LogP contribution is 2.27. The number of nitriles is 1. The molecular weight excluding hydrogens is 428 g/mol. The van der Waals surface area contributed by atoms with Gasteiger partial charge in [0.2, 0.25) is 0 Å². The number of nitrogens with one attached hydrogen (secondary N) is 2. The number of hydrogen-bond acceptors (Lipinski definition) is 6. The number of ether oxygens (including phenoxy) is 1. The Morgan fingerprint density at radius 2 is 2.09 bits per heavy atom. The van der Waals surface area contributed by atoms with Crippen LogP contribution in [-0.4, -0.2) is 46.5 Å². The Labute approximate surface area is 198 Å². The Hall–Kier alpha value is -3.67. The molecule has 34 heavy (non-hydrogen) atoms. The van der Waals surface area contributed by atoms with Crippen LogP contribution in [0.1, 0.15) is 54.1 Å². The molecule has 2 N–H and O–H groups in total. The van der Waals surface area contributed by atoms with Crippen molar-refractivity contribution >= 4 is 28.2 Å². The average Bonchev–Trinajstić information content (AvgIpc) is 3.51. The van der Waals surface area contributed by atoms with E-state index >= 15 is 0 Å². The number of fused-ring (bicyclic) bond motifs is 1. The van der Waals surface area contributed by atoms with E-state index in [-0.39, 0.29) is 11.8 Å². The molecule has 1 fully saturated rings. The van der Waals surface area contributed by atoms with Gasteiger partial charge in [0.1, 0.15) is 0 Å². The van der Waals surface area contributed by atoms with Crippen LogP contribution in [0.3, 0.4) is 0 Å². The second-order valence-corrected chi connectivity index (χ2v) is 9.02. The Balaban J connectivity index is 1.41. The summed E-state index contributed by atoms with van der Waals surface area (Å²) in [5.41, 5.74) is 7.94. The van der Waals surface area contributed by atoms with E-state index < -0.39 is 0 Å². The van der Waals surface area contributed by atoms with Crippen LogP contribution in [-0.2, 0) is 4.74 Å². The first-order valence-electron chi connectivity index (χ1n) is 11.7. The lowest BCUT2D eigenvalue weighted by Crippen LogP contribution is -2.41. The summed E-state index contributed by atoms with van der Waals surface area (Å²) in [5, 5.41) is 20.3. The SMILES string of the molecule is CC(C)c1c(C#N)cccc1C(=O)Nc1ccc2cnn(C3=CN(C4CCOCC4)NC3)c2c1. The van der Waals surface area contributed by atoms with Crippen molar-refractivity contribution in [2.24, 2.45) is 0 Å². The zero-order chi connectivity index (χ0) is 23.7. The van der Waals surface area contributed by atoms with Crippen molar-refractivity contribution in [1.29, 1.82) is 5.26 Å². The zero-order valence-electron chi connectivity index (χ0n) is 19.4. The molecule has 0 unspecified atom stereocenters. The third-order valence-corrected chi connectivity index (χ3v) is 6.46. The molecule has 0 spiro atoms. The van der Waals surface area contributed by atoms with Gasteiger partial charge in [-0.05, 0) is 54.7 Å². The minimum atomic E-state index is -0.223. The van der Waals surface area contributed by atoms with E-state index in [1.54, 1.807) is 18.2 Å². The van der Waals surface area contributed by atoms with Gasteiger partial charge >= 0.3 is 0 Å². The summed E-state index contributed by atoms with van der Waals surface area (Å²) in [6, 6.07) is 13.7. The lowest BCUT2D eigenvalue weighted by atomic mass is 9.92. The summed E-state index contributed by atoms with van der Waals surface area (Å²) in [6.07, 6.45) is 5.96. The number of nitrogens with zero attached hydrogens (tertiary/aromatic N) is 4. The molecule has 174 valence electrons. The molecule has 0 saturated carbocycles. The normalized spacial score (nSPS) is 16.6. The fourth-order valence-corrected chi connectivity index (χ4v) is 4.76. The molecule has 2 aromatic carbocycles. The Kier molecular flexibility index (Phi) is 6.05. The minimum absolute atomic E-state index is 0.0565. The van der Waals surface area contributed by atoms with E-state index in [2.05, 4.69) is 33.1 Å². The molecule has 2 aliphatic heterocycles. The monoisotopic (exact) mass is 456 g/mol. The van der Waals surface area contributed by atoms with Gasteiger partial charge in [-0.25, -0.2) is 10.1 Å². The molecule has 2 aliphatic rings. The van der Waals surface area contributed by atoms with Crippen molar-refractivity contribution in [2.75, 3.05) is 25.1 Å². The van der Waals surface area contributed by atoms with Gasteiger partial charge in [0, 0.05) is 42.1 Å². The summed E-state index contributed by atoms with van der Waals surface area (Å²) in [4.78, 5) is 13.2. The Morgan fingerprint density at radius 3 is 2.85 bits per heavy atom. The van der Waals surface area contributed by atoms with Gasteiger partial charge < -0.3 is 15.1 Å². The zero-order valence-corrected chi connectivity index (χ0v) is 19.4. The number of hydrogen-bond donors (Lipinski definition) is 2. The molecule has 5 rings (SSSR count). The van der Waals surface area contributed by atoms with Crippen molar-refractivity contribution < 1.29 is 9.53 Å². The first kappa shape index (κ1) is 22.1. The number of benzene rings is 2. The van der Waals surface area contributed by atoms with Gasteiger partial charge in [-0.3, -0.25) is 4.79 Å². The third kappa shape index (κ3) is 4.16. The number of carbonyl (C=O) groups is 1. The Morgan fingerprint density at radius 1 is 1.26 bits per heavy atom. The minimum Gasteiger partial charge on any atom is -0.381 e. The highest BCUT2D eigenvalue weighted by Gasteiger charge is 2.25. The largest absolute Gasteiger partial charge is 0.381 e. The summed E-state index contributed by atoms with van der Waals surface area (Å²) in [6.45, 7) is 6.24. The topological polar surface area (TPSA) is 95.2 Å². The lowest BCUT2D eigenvalue weighted by molar-refractivity contribution is 0.0391. The van der Waals surface area contributed by atoms with E-state index in [1.807, 2.05) is 42.9 Å². The van der Waals surface area contributed by atoms with Crippen molar-refractivity contribution in [3.05, 3.63) is 65.5 Å². The smallest absolute Gasteiger partial charge is 0.255 e. The number of carbonyl (C=O) groups excluding carboxylic acids is 1. The molecule has 0 atom stereocenters. The van der Waals surface area contributed by atoms with E-state index in [0.717, 1.165) is 48.2 Å². The molecule has 0 aliphatic carbocycles. The molecule has 8 nitrogen and oxygen atoms in total. The fourth-order valence-electron chi connectivity index (χ4n) is 4.76. The predicted octanol–water partition coefficient (Wildman–Crippen LogP) is 4.08. The van der Waals surface area contributed by atoms with E-state index in [1.165, 1.54) is 0 Å². The molecule has 1 aromatic heterocycles. The van der Waals surface area contributed by atoms with Crippen LogP contribution in [0.25, 0.3) is 16.6 Å². The standard InChI is InChI=1S/C26H28N6O2/c1-17(2)25-18(13-27)4-3-5-23(25)26(33)30-20-7-6-19-14-29-32(24(19)12-20)22-15-28-31(16-22)21-8-10-34-11-9-21/h3-7,12,14,16-17,21,28H,8-11,15H2,1-2H3,(H,30,33). The number of rotatable bonds is 5. The van der Waals surface area contributed by atoms with Crippen molar-refractivity contribution in [3.8, 4) is 6.07 Å². The molecule has 1 amide bonds. The van der Waals surface area contributed by atoms with Gasteiger partial charge in [-0.15, -0.1) is 0 Å². The first-order valence-corrected chi connectivity index (χ1v) is 11.7. The fraction of sp³-hybridized carbons (Fsp3) is 0.346. The number of anilines is 1. The number of amides is 1. The number of hydrazine groups is 1. The molecule has 8 heteroatoms. The van der Waals surface area contributed by atoms with Crippen LogP contribution in [0.2, 0.25) is 0 Å². The molecule has 1 saturated heterocycles. The molecule has 0 bridgehead atoms. The first-order chi connectivity index (χ1) is 16.5. The summed E-state index contributed by atoms with van der Waals surface area (Å²) in [5.74, 6) is -0.167. The van der Waals surface area contributed by atoms with Crippen LogP contribution in [0.4, 0.5) is 5.69 Å². The Bertz CT molecular complexity index is 1300. The second kappa shape index (κ2) is 9.29. The van der Waals surface area contributed by atoms with Crippen molar-refractivity contribution in [2.45, 2.75) is 38.6 Å². The second-order valence-electron chi connectivity index (χ2n) is 9.02. The van der Waals surface area contributed by atoms with Crippen LogP contribution in [0.15, 0.2) is 48.8 Å². The summed E-state index contributed by atoms with van der Waals surface area (Å²) in [7, 11) is 0. The van der Waals surface area contributed by atoms with Crippen LogP contribution in [0, 0.1) is 11.3 Å². The molecule has 3 heterocycles. The maximum Gasteiger partial charge on any atom is 0.255 e. The third-order valence-electron chi connectivity index (χ3n) is 6.46. The van der Waals surface area contributed by atoms with Crippen molar-refractivity contribution in [1.82, 2.24) is 20.2 Å². The van der Waals surface area contributed by atoms with Crippen LogP contribution >= 0.6 is 0 Å². The summed E-state index contributed by atoms with van der Waals surface area (Å²) >= 11 is 0. The van der Waals surface area contributed by atoms with E-state index in [4.69, 9.17) is 4.74 Å². The predicted molar refractivity (Wildman–Crippen MR) is 131 cm³/mol. The lowest BCUT2D eigenvalue weighted by Gasteiger charge is -2.30. The quantitative estimate of drug-likeness (QED) is 0.601.